The standard InChI is InChI=1S/C18H24N2O3/c19-12-14-3-1-4-15(11-14)23-10-8-20-7-9-22-13-17(20)16-5-2-6-18(16)21/h1,3-4,11,16-18,21H,2,5-10,13H2/t16-,17+,18-/m0/s1. The Morgan fingerprint density at radius 1 is 1.39 bits per heavy atom. The molecule has 3 rings (SSSR count). The van der Waals surface area contributed by atoms with Crippen molar-refractivity contribution in [1.29, 1.82) is 5.26 Å². The molecule has 2 fully saturated rings. The first-order valence-corrected chi connectivity index (χ1v) is 8.41. The molecule has 0 unspecified atom stereocenters. The highest BCUT2D eigenvalue weighted by atomic mass is 16.5. The summed E-state index contributed by atoms with van der Waals surface area (Å²) in [6.45, 7) is 3.71. The zero-order valence-electron chi connectivity index (χ0n) is 13.4. The van der Waals surface area contributed by atoms with Gasteiger partial charge in [0.15, 0.2) is 0 Å². The van der Waals surface area contributed by atoms with E-state index in [1.54, 1.807) is 12.1 Å². The van der Waals surface area contributed by atoms with Crippen LogP contribution in [0.5, 0.6) is 5.75 Å². The van der Waals surface area contributed by atoms with Crippen LogP contribution in [0, 0.1) is 17.2 Å². The number of nitriles is 1. The van der Waals surface area contributed by atoms with Gasteiger partial charge in [0, 0.05) is 25.0 Å². The van der Waals surface area contributed by atoms with E-state index in [1.165, 1.54) is 0 Å². The van der Waals surface area contributed by atoms with E-state index in [2.05, 4.69) is 11.0 Å². The Labute approximate surface area is 137 Å². The van der Waals surface area contributed by atoms with Crippen molar-refractivity contribution in [3.8, 4) is 11.8 Å². The maximum Gasteiger partial charge on any atom is 0.120 e. The first-order valence-electron chi connectivity index (χ1n) is 8.41. The first-order chi connectivity index (χ1) is 11.3. The fraction of sp³-hybridized carbons (Fsp3) is 0.611. The van der Waals surface area contributed by atoms with Crippen LogP contribution in [-0.2, 0) is 4.74 Å². The summed E-state index contributed by atoms with van der Waals surface area (Å²) in [5.74, 6) is 1.05. The maximum atomic E-state index is 10.2. The molecule has 1 saturated heterocycles. The third kappa shape index (κ3) is 4.03. The minimum atomic E-state index is -0.197. The summed E-state index contributed by atoms with van der Waals surface area (Å²) in [5, 5.41) is 19.1. The molecule has 1 aromatic carbocycles. The Bertz CT molecular complexity index is 557. The zero-order valence-corrected chi connectivity index (χ0v) is 13.4. The SMILES string of the molecule is N#Cc1cccc(OCCN2CCOC[C@@H]2[C@@H]2CCC[C@@H]2O)c1. The van der Waals surface area contributed by atoms with Crippen molar-refractivity contribution in [3.05, 3.63) is 29.8 Å². The summed E-state index contributed by atoms with van der Waals surface area (Å²) in [5.41, 5.74) is 0.612. The van der Waals surface area contributed by atoms with Gasteiger partial charge in [0.1, 0.15) is 12.4 Å². The van der Waals surface area contributed by atoms with Crippen molar-refractivity contribution in [2.45, 2.75) is 31.4 Å². The lowest BCUT2D eigenvalue weighted by atomic mass is 9.94. The van der Waals surface area contributed by atoms with Gasteiger partial charge in [-0.15, -0.1) is 0 Å². The van der Waals surface area contributed by atoms with E-state index in [4.69, 9.17) is 14.7 Å². The smallest absolute Gasteiger partial charge is 0.120 e. The largest absolute Gasteiger partial charge is 0.492 e. The second-order valence-corrected chi connectivity index (χ2v) is 6.33. The summed E-state index contributed by atoms with van der Waals surface area (Å²) in [7, 11) is 0. The summed E-state index contributed by atoms with van der Waals surface area (Å²) in [4.78, 5) is 2.39. The molecule has 1 aliphatic heterocycles. The van der Waals surface area contributed by atoms with Gasteiger partial charge in [-0.3, -0.25) is 4.90 Å². The first kappa shape index (κ1) is 16.3. The Kier molecular flexibility index (Phi) is 5.50. The lowest BCUT2D eigenvalue weighted by Crippen LogP contribution is -2.52. The topological polar surface area (TPSA) is 65.7 Å². The summed E-state index contributed by atoms with van der Waals surface area (Å²) in [6.07, 6.45) is 2.90. The van der Waals surface area contributed by atoms with Crippen LogP contribution in [0.2, 0.25) is 0 Å². The molecule has 124 valence electrons. The summed E-state index contributed by atoms with van der Waals surface area (Å²) < 4.78 is 11.4. The highest BCUT2D eigenvalue weighted by Crippen LogP contribution is 2.32. The van der Waals surface area contributed by atoms with E-state index in [9.17, 15) is 5.11 Å². The average Bonchev–Trinajstić information content (AvgIpc) is 3.01. The van der Waals surface area contributed by atoms with E-state index in [-0.39, 0.29) is 12.1 Å². The predicted molar refractivity (Wildman–Crippen MR) is 86.2 cm³/mol. The van der Waals surface area contributed by atoms with Crippen molar-refractivity contribution in [1.82, 2.24) is 4.90 Å². The fourth-order valence-electron chi connectivity index (χ4n) is 3.68. The van der Waals surface area contributed by atoms with E-state index in [1.807, 2.05) is 12.1 Å². The van der Waals surface area contributed by atoms with Crippen molar-refractivity contribution < 1.29 is 14.6 Å². The normalized spacial score (nSPS) is 28.4. The molecule has 1 aromatic rings. The fourth-order valence-corrected chi connectivity index (χ4v) is 3.68. The van der Waals surface area contributed by atoms with Gasteiger partial charge in [-0.25, -0.2) is 0 Å². The predicted octanol–water partition coefficient (Wildman–Crippen LogP) is 1.80. The zero-order chi connectivity index (χ0) is 16.1. The molecular formula is C18H24N2O3. The molecule has 5 heteroatoms. The van der Waals surface area contributed by atoms with Crippen LogP contribution in [0.15, 0.2) is 24.3 Å². The molecule has 1 N–H and O–H groups in total. The van der Waals surface area contributed by atoms with Crippen LogP contribution in [-0.4, -0.2) is 55.1 Å². The molecule has 5 nitrogen and oxygen atoms in total. The number of morpholine rings is 1. The van der Waals surface area contributed by atoms with E-state index < -0.39 is 0 Å². The van der Waals surface area contributed by atoms with Crippen molar-refractivity contribution >= 4 is 0 Å². The summed E-state index contributed by atoms with van der Waals surface area (Å²) >= 11 is 0. The van der Waals surface area contributed by atoms with Crippen LogP contribution in [0.25, 0.3) is 0 Å². The second kappa shape index (κ2) is 7.78. The molecule has 0 aromatic heterocycles. The van der Waals surface area contributed by atoms with Crippen molar-refractivity contribution in [2.24, 2.45) is 5.92 Å². The quantitative estimate of drug-likeness (QED) is 0.897. The Morgan fingerprint density at radius 2 is 2.30 bits per heavy atom. The van der Waals surface area contributed by atoms with Crippen LogP contribution < -0.4 is 4.74 Å². The van der Waals surface area contributed by atoms with Gasteiger partial charge in [0.2, 0.25) is 0 Å². The minimum absolute atomic E-state index is 0.197. The highest BCUT2D eigenvalue weighted by Gasteiger charge is 2.37. The van der Waals surface area contributed by atoms with Crippen molar-refractivity contribution in [3.63, 3.8) is 0 Å². The molecule has 0 radical (unpaired) electrons. The highest BCUT2D eigenvalue weighted by molar-refractivity contribution is 5.36. The molecule has 1 heterocycles. The summed E-state index contributed by atoms with van der Waals surface area (Å²) in [6, 6.07) is 9.65. The lowest BCUT2D eigenvalue weighted by molar-refractivity contribution is -0.0532. The molecule has 2 aliphatic rings. The molecule has 23 heavy (non-hydrogen) atoms. The number of aliphatic hydroxyl groups excluding tert-OH is 1. The number of nitrogens with zero attached hydrogens (tertiary/aromatic N) is 2. The number of aliphatic hydroxyl groups is 1. The van der Waals surface area contributed by atoms with Gasteiger partial charge in [-0.2, -0.15) is 5.26 Å². The number of hydrogen-bond donors (Lipinski definition) is 1. The van der Waals surface area contributed by atoms with Crippen LogP contribution in [0.1, 0.15) is 24.8 Å². The minimum Gasteiger partial charge on any atom is -0.492 e. The monoisotopic (exact) mass is 316 g/mol. The van der Waals surface area contributed by atoms with Gasteiger partial charge >= 0.3 is 0 Å². The lowest BCUT2D eigenvalue weighted by Gasteiger charge is -2.40. The van der Waals surface area contributed by atoms with E-state index in [0.29, 0.717) is 24.7 Å². The van der Waals surface area contributed by atoms with E-state index >= 15 is 0 Å². The van der Waals surface area contributed by atoms with Crippen molar-refractivity contribution in [2.75, 3.05) is 32.9 Å². The Hall–Kier alpha value is -1.61. The molecule has 1 saturated carbocycles. The number of hydrogen-bond acceptors (Lipinski definition) is 5. The molecule has 3 atom stereocenters. The second-order valence-electron chi connectivity index (χ2n) is 6.33. The molecule has 0 amide bonds. The van der Waals surface area contributed by atoms with Gasteiger partial charge in [-0.1, -0.05) is 12.5 Å². The Balaban J connectivity index is 1.54. The van der Waals surface area contributed by atoms with Crippen LogP contribution in [0.4, 0.5) is 0 Å². The molecule has 1 aliphatic carbocycles. The van der Waals surface area contributed by atoms with Gasteiger partial charge in [-0.05, 0) is 31.0 Å². The van der Waals surface area contributed by atoms with Crippen LogP contribution >= 0.6 is 0 Å². The third-order valence-electron chi connectivity index (χ3n) is 4.92. The number of rotatable bonds is 5. The van der Waals surface area contributed by atoms with E-state index in [0.717, 1.165) is 44.7 Å². The maximum absolute atomic E-state index is 10.2. The van der Waals surface area contributed by atoms with Gasteiger partial charge < -0.3 is 14.6 Å². The van der Waals surface area contributed by atoms with Crippen LogP contribution in [0.3, 0.4) is 0 Å². The molecular weight excluding hydrogens is 292 g/mol. The van der Waals surface area contributed by atoms with Gasteiger partial charge in [0.25, 0.3) is 0 Å². The Morgan fingerprint density at radius 3 is 3.09 bits per heavy atom. The molecule has 0 spiro atoms. The van der Waals surface area contributed by atoms with Gasteiger partial charge in [0.05, 0.1) is 31.0 Å². The number of ether oxygens (including phenoxy) is 2. The molecule has 0 bridgehead atoms. The average molecular weight is 316 g/mol. The number of benzene rings is 1. The third-order valence-corrected chi connectivity index (χ3v) is 4.92.